The molecule has 2 unspecified atom stereocenters. The Morgan fingerprint density at radius 2 is 2.15 bits per heavy atom. The Labute approximate surface area is 117 Å². The van der Waals surface area contributed by atoms with Crippen molar-refractivity contribution in [3.05, 3.63) is 0 Å². The number of piperidine rings is 1. The van der Waals surface area contributed by atoms with E-state index in [1.165, 1.54) is 0 Å². The van der Waals surface area contributed by atoms with Gasteiger partial charge in [-0.3, -0.25) is 14.5 Å². The first kappa shape index (κ1) is 15.2. The zero-order valence-corrected chi connectivity index (χ0v) is 11.6. The fourth-order valence-electron chi connectivity index (χ4n) is 2.97. The zero-order chi connectivity index (χ0) is 14.7. The molecular formula is C13H21F2N3O2. The Bertz CT molecular complexity index is 379. The SMILES string of the molecule is CN1CCC(N2CCCC(C(=O)NCC(F)F)C2)C1=O. The molecule has 5 nitrogen and oxygen atoms in total. The predicted molar refractivity (Wildman–Crippen MR) is 69.4 cm³/mol. The molecule has 20 heavy (non-hydrogen) atoms. The lowest BCUT2D eigenvalue weighted by Crippen LogP contribution is -2.49. The van der Waals surface area contributed by atoms with Gasteiger partial charge in [-0.05, 0) is 25.8 Å². The van der Waals surface area contributed by atoms with Gasteiger partial charge >= 0.3 is 0 Å². The van der Waals surface area contributed by atoms with Gasteiger partial charge in [-0.1, -0.05) is 0 Å². The fraction of sp³-hybridized carbons (Fsp3) is 0.846. The number of amides is 2. The third kappa shape index (κ3) is 3.45. The van der Waals surface area contributed by atoms with E-state index in [1.54, 1.807) is 11.9 Å². The summed E-state index contributed by atoms with van der Waals surface area (Å²) in [6.07, 6.45) is -0.229. The van der Waals surface area contributed by atoms with Gasteiger partial charge in [0.2, 0.25) is 11.8 Å². The average Bonchev–Trinajstić information content (AvgIpc) is 2.76. The molecule has 7 heteroatoms. The van der Waals surface area contributed by atoms with E-state index in [9.17, 15) is 18.4 Å². The van der Waals surface area contributed by atoms with Crippen molar-refractivity contribution in [1.82, 2.24) is 15.1 Å². The molecule has 2 aliphatic rings. The lowest BCUT2D eigenvalue weighted by molar-refractivity contribution is -0.134. The Morgan fingerprint density at radius 1 is 1.40 bits per heavy atom. The van der Waals surface area contributed by atoms with Crippen LogP contribution < -0.4 is 5.32 Å². The molecule has 2 fully saturated rings. The second kappa shape index (κ2) is 6.47. The number of carbonyl (C=O) groups is 2. The largest absolute Gasteiger partial charge is 0.350 e. The summed E-state index contributed by atoms with van der Waals surface area (Å²) in [5.41, 5.74) is 0. The van der Waals surface area contributed by atoms with Crippen LogP contribution in [0.3, 0.4) is 0 Å². The molecule has 0 aromatic carbocycles. The van der Waals surface area contributed by atoms with E-state index < -0.39 is 13.0 Å². The Hall–Kier alpha value is -1.24. The van der Waals surface area contributed by atoms with Crippen LogP contribution >= 0.6 is 0 Å². The number of alkyl halides is 2. The second-order valence-electron chi connectivity index (χ2n) is 5.53. The number of likely N-dealkylation sites (tertiary alicyclic amines) is 2. The van der Waals surface area contributed by atoms with Gasteiger partial charge in [0.05, 0.1) is 18.5 Å². The number of rotatable bonds is 4. The van der Waals surface area contributed by atoms with E-state index in [0.29, 0.717) is 13.0 Å². The number of nitrogens with zero attached hydrogens (tertiary/aromatic N) is 2. The molecule has 1 N–H and O–H groups in total. The second-order valence-corrected chi connectivity index (χ2v) is 5.53. The standard InChI is InChI=1S/C13H21F2N3O2/c1-17-6-4-10(13(17)20)18-5-2-3-9(8-18)12(19)16-7-11(14)15/h9-11H,2-8H2,1H3,(H,16,19). The van der Waals surface area contributed by atoms with Crippen LogP contribution in [-0.2, 0) is 9.59 Å². The maximum atomic E-state index is 12.1. The molecular weight excluding hydrogens is 268 g/mol. The van der Waals surface area contributed by atoms with Gasteiger partial charge in [0, 0.05) is 20.1 Å². The first-order valence-electron chi connectivity index (χ1n) is 7.04. The van der Waals surface area contributed by atoms with Crippen LogP contribution in [0.25, 0.3) is 0 Å². The maximum absolute atomic E-state index is 12.1. The van der Waals surface area contributed by atoms with Crippen LogP contribution in [0, 0.1) is 5.92 Å². The van der Waals surface area contributed by atoms with Crippen molar-refractivity contribution < 1.29 is 18.4 Å². The summed E-state index contributed by atoms with van der Waals surface area (Å²) in [5, 5.41) is 2.27. The number of nitrogens with one attached hydrogen (secondary N) is 1. The fourth-order valence-corrected chi connectivity index (χ4v) is 2.97. The van der Waals surface area contributed by atoms with Crippen molar-refractivity contribution in [2.75, 3.05) is 33.2 Å². The van der Waals surface area contributed by atoms with Crippen molar-refractivity contribution in [2.24, 2.45) is 5.92 Å². The van der Waals surface area contributed by atoms with Crippen molar-refractivity contribution in [2.45, 2.75) is 31.7 Å². The lowest BCUT2D eigenvalue weighted by atomic mass is 9.95. The molecule has 0 saturated carbocycles. The summed E-state index contributed by atoms with van der Waals surface area (Å²) in [6, 6.07) is -0.148. The summed E-state index contributed by atoms with van der Waals surface area (Å²) < 4.78 is 24.2. The van der Waals surface area contributed by atoms with Gasteiger partial charge in [0.25, 0.3) is 6.43 Å². The summed E-state index contributed by atoms with van der Waals surface area (Å²) in [5.74, 6) is -0.520. The third-order valence-electron chi connectivity index (χ3n) is 4.09. The van der Waals surface area contributed by atoms with E-state index in [-0.39, 0.29) is 23.8 Å². The van der Waals surface area contributed by atoms with E-state index in [0.717, 1.165) is 25.9 Å². The highest BCUT2D eigenvalue weighted by Crippen LogP contribution is 2.23. The highest BCUT2D eigenvalue weighted by atomic mass is 19.3. The summed E-state index contributed by atoms with van der Waals surface area (Å²) in [7, 11) is 1.78. The van der Waals surface area contributed by atoms with Crippen LogP contribution in [0.4, 0.5) is 8.78 Å². The summed E-state index contributed by atoms with van der Waals surface area (Å²) in [6.45, 7) is 1.42. The molecule has 2 aliphatic heterocycles. The number of halogens is 2. The minimum Gasteiger partial charge on any atom is -0.350 e. The van der Waals surface area contributed by atoms with Crippen molar-refractivity contribution >= 4 is 11.8 Å². The topological polar surface area (TPSA) is 52.6 Å². The van der Waals surface area contributed by atoms with Crippen molar-refractivity contribution in [3.63, 3.8) is 0 Å². The summed E-state index contributed by atoms with van der Waals surface area (Å²) in [4.78, 5) is 27.6. The Morgan fingerprint density at radius 3 is 2.75 bits per heavy atom. The van der Waals surface area contributed by atoms with Crippen molar-refractivity contribution in [3.8, 4) is 0 Å². The molecule has 0 bridgehead atoms. The normalized spacial score (nSPS) is 28.2. The molecule has 0 radical (unpaired) electrons. The van der Waals surface area contributed by atoms with Crippen LogP contribution in [0.5, 0.6) is 0 Å². The average molecular weight is 289 g/mol. The quantitative estimate of drug-likeness (QED) is 0.810. The van der Waals surface area contributed by atoms with Gasteiger partial charge in [-0.2, -0.15) is 0 Å². The Kier molecular flexibility index (Phi) is 4.91. The molecule has 0 aliphatic carbocycles. The highest BCUT2D eigenvalue weighted by molar-refractivity contribution is 5.84. The van der Waals surface area contributed by atoms with Crippen LogP contribution in [0.15, 0.2) is 0 Å². The maximum Gasteiger partial charge on any atom is 0.255 e. The molecule has 0 spiro atoms. The van der Waals surface area contributed by atoms with Crippen molar-refractivity contribution in [1.29, 1.82) is 0 Å². The summed E-state index contributed by atoms with van der Waals surface area (Å²) >= 11 is 0. The zero-order valence-electron chi connectivity index (χ0n) is 11.6. The van der Waals surface area contributed by atoms with Crippen LogP contribution in [0.1, 0.15) is 19.3 Å². The lowest BCUT2D eigenvalue weighted by Gasteiger charge is -2.35. The van der Waals surface area contributed by atoms with E-state index in [2.05, 4.69) is 5.32 Å². The number of hydrogen-bond acceptors (Lipinski definition) is 3. The van der Waals surface area contributed by atoms with Gasteiger partial charge in [0.1, 0.15) is 0 Å². The first-order valence-corrected chi connectivity index (χ1v) is 7.04. The van der Waals surface area contributed by atoms with Crippen LogP contribution in [0.2, 0.25) is 0 Å². The Balaban J connectivity index is 1.88. The van der Waals surface area contributed by atoms with Crippen LogP contribution in [-0.4, -0.2) is 67.3 Å². The van der Waals surface area contributed by atoms with E-state index in [4.69, 9.17) is 0 Å². The van der Waals surface area contributed by atoms with E-state index in [1.807, 2.05) is 4.90 Å². The molecule has 2 heterocycles. The third-order valence-corrected chi connectivity index (χ3v) is 4.09. The number of carbonyl (C=O) groups excluding carboxylic acids is 2. The molecule has 2 rings (SSSR count). The van der Waals surface area contributed by atoms with Gasteiger partial charge in [-0.25, -0.2) is 8.78 Å². The van der Waals surface area contributed by atoms with E-state index >= 15 is 0 Å². The number of likely N-dealkylation sites (N-methyl/N-ethyl adjacent to an activating group) is 1. The highest BCUT2D eigenvalue weighted by Gasteiger charge is 2.37. The molecule has 2 atom stereocenters. The van der Waals surface area contributed by atoms with Gasteiger partial charge < -0.3 is 10.2 Å². The first-order chi connectivity index (χ1) is 9.49. The predicted octanol–water partition coefficient (Wildman–Crippen LogP) is 0.310. The molecule has 2 saturated heterocycles. The van der Waals surface area contributed by atoms with Gasteiger partial charge in [-0.15, -0.1) is 0 Å². The molecule has 0 aromatic heterocycles. The minimum absolute atomic E-state index is 0.0960. The number of hydrogen-bond donors (Lipinski definition) is 1. The monoisotopic (exact) mass is 289 g/mol. The molecule has 114 valence electrons. The molecule has 0 aromatic rings. The van der Waals surface area contributed by atoms with Gasteiger partial charge in [0.15, 0.2) is 0 Å². The molecule has 2 amide bonds. The smallest absolute Gasteiger partial charge is 0.255 e. The minimum atomic E-state index is -2.52.